The summed E-state index contributed by atoms with van der Waals surface area (Å²) in [5.74, 6) is -0.0476. The van der Waals surface area contributed by atoms with Gasteiger partial charge in [-0.15, -0.1) is 0 Å². The quantitative estimate of drug-likeness (QED) is 0.794. The molecule has 0 unspecified atom stereocenters. The molecule has 0 aromatic carbocycles. The van der Waals surface area contributed by atoms with Crippen LogP contribution >= 0.6 is 0 Å². The Labute approximate surface area is 152 Å². The minimum atomic E-state index is -0.534. The second kappa shape index (κ2) is 7.14. The largest absolute Gasteiger partial charge is 0.377 e. The highest BCUT2D eigenvalue weighted by Gasteiger charge is 2.43. The van der Waals surface area contributed by atoms with Crippen LogP contribution in [0.4, 0.5) is 5.69 Å². The van der Waals surface area contributed by atoms with Crippen molar-refractivity contribution in [3.8, 4) is 0 Å². The van der Waals surface area contributed by atoms with Crippen LogP contribution in [0, 0.1) is 0 Å². The van der Waals surface area contributed by atoms with E-state index in [9.17, 15) is 4.79 Å². The maximum Gasteiger partial charge on any atom is 0.253 e. The lowest BCUT2D eigenvalue weighted by Gasteiger charge is -2.42. The van der Waals surface area contributed by atoms with Gasteiger partial charge in [0.2, 0.25) is 0 Å². The highest BCUT2D eigenvalue weighted by Crippen LogP contribution is 2.27. The van der Waals surface area contributed by atoms with Gasteiger partial charge >= 0.3 is 0 Å². The molecule has 8 heteroatoms. The van der Waals surface area contributed by atoms with Crippen LogP contribution in [0.5, 0.6) is 0 Å². The van der Waals surface area contributed by atoms with Crippen molar-refractivity contribution in [3.05, 3.63) is 42.5 Å². The molecule has 0 radical (unpaired) electrons. The molecule has 2 aliphatic rings. The van der Waals surface area contributed by atoms with Crippen molar-refractivity contribution in [1.82, 2.24) is 19.7 Å². The molecule has 2 aliphatic heterocycles. The maximum atomic E-state index is 12.4. The average molecular weight is 357 g/mol. The first-order valence-corrected chi connectivity index (χ1v) is 8.76. The van der Waals surface area contributed by atoms with E-state index in [-0.39, 0.29) is 12.5 Å². The molecule has 0 saturated carbocycles. The topological polar surface area (TPSA) is 72.7 Å². The lowest BCUT2D eigenvalue weighted by Crippen LogP contribution is -2.60. The molecule has 2 saturated heterocycles. The fourth-order valence-electron chi connectivity index (χ4n) is 3.55. The SMILES string of the molecule is Cn1cc(N2C[C@@]3(COCCN(Cc4ccncc4)C3)OCC2=O)cn1. The van der Waals surface area contributed by atoms with Gasteiger partial charge in [-0.25, -0.2) is 0 Å². The summed E-state index contributed by atoms with van der Waals surface area (Å²) >= 11 is 0. The Kier molecular flexibility index (Phi) is 4.71. The summed E-state index contributed by atoms with van der Waals surface area (Å²) in [5.41, 5.74) is 1.46. The molecular weight excluding hydrogens is 334 g/mol. The zero-order valence-corrected chi connectivity index (χ0v) is 14.9. The smallest absolute Gasteiger partial charge is 0.253 e. The number of amides is 1. The summed E-state index contributed by atoms with van der Waals surface area (Å²) in [6.45, 7) is 3.98. The summed E-state index contributed by atoms with van der Waals surface area (Å²) in [6.07, 6.45) is 7.17. The Morgan fingerprint density at radius 1 is 1.27 bits per heavy atom. The number of morpholine rings is 1. The van der Waals surface area contributed by atoms with Crippen molar-refractivity contribution in [2.24, 2.45) is 7.05 Å². The Morgan fingerprint density at radius 2 is 2.12 bits per heavy atom. The van der Waals surface area contributed by atoms with Gasteiger partial charge < -0.3 is 14.4 Å². The van der Waals surface area contributed by atoms with E-state index < -0.39 is 5.60 Å². The Morgan fingerprint density at radius 3 is 2.88 bits per heavy atom. The van der Waals surface area contributed by atoms with Crippen molar-refractivity contribution in [1.29, 1.82) is 0 Å². The van der Waals surface area contributed by atoms with Crippen LogP contribution in [0.15, 0.2) is 36.9 Å². The zero-order valence-electron chi connectivity index (χ0n) is 14.9. The van der Waals surface area contributed by atoms with Crippen LogP contribution < -0.4 is 4.90 Å². The van der Waals surface area contributed by atoms with Crippen LogP contribution in [0.3, 0.4) is 0 Å². The van der Waals surface area contributed by atoms with E-state index in [2.05, 4.69) is 15.0 Å². The van der Waals surface area contributed by atoms with Crippen LogP contribution in [0.25, 0.3) is 0 Å². The minimum absolute atomic E-state index is 0.0476. The highest BCUT2D eigenvalue weighted by molar-refractivity contribution is 5.94. The number of aryl methyl sites for hydroxylation is 1. The Hall–Kier alpha value is -2.29. The van der Waals surface area contributed by atoms with E-state index in [1.54, 1.807) is 28.2 Å². The molecule has 4 rings (SSSR count). The lowest BCUT2D eigenvalue weighted by atomic mass is 10.0. The molecule has 4 heterocycles. The molecule has 1 atom stereocenters. The fraction of sp³-hybridized carbons (Fsp3) is 0.500. The predicted molar refractivity (Wildman–Crippen MR) is 94.6 cm³/mol. The normalized spacial score (nSPS) is 24.8. The van der Waals surface area contributed by atoms with Gasteiger partial charge in [-0.3, -0.25) is 19.4 Å². The van der Waals surface area contributed by atoms with Crippen molar-refractivity contribution < 1.29 is 14.3 Å². The van der Waals surface area contributed by atoms with E-state index in [0.29, 0.717) is 26.3 Å². The molecular formula is C18H23N5O3. The first kappa shape index (κ1) is 17.1. The number of hydrogen-bond acceptors (Lipinski definition) is 6. The van der Waals surface area contributed by atoms with Gasteiger partial charge in [0, 0.05) is 45.3 Å². The van der Waals surface area contributed by atoms with Gasteiger partial charge in [0.15, 0.2) is 0 Å². The number of rotatable bonds is 3. The molecule has 2 aromatic heterocycles. The molecule has 2 fully saturated rings. The zero-order chi connectivity index (χ0) is 18.0. The van der Waals surface area contributed by atoms with Gasteiger partial charge in [0.25, 0.3) is 5.91 Å². The van der Waals surface area contributed by atoms with Crippen LogP contribution in [-0.2, 0) is 27.9 Å². The van der Waals surface area contributed by atoms with Crippen LogP contribution in [-0.4, -0.2) is 70.6 Å². The number of pyridine rings is 1. The van der Waals surface area contributed by atoms with Gasteiger partial charge in [0.05, 0.1) is 31.6 Å². The summed E-state index contributed by atoms with van der Waals surface area (Å²) in [4.78, 5) is 20.5. The fourth-order valence-corrected chi connectivity index (χ4v) is 3.55. The van der Waals surface area contributed by atoms with Gasteiger partial charge in [0.1, 0.15) is 12.2 Å². The van der Waals surface area contributed by atoms with E-state index in [1.165, 1.54) is 5.56 Å². The molecule has 0 aliphatic carbocycles. The third-order valence-corrected chi connectivity index (χ3v) is 4.84. The van der Waals surface area contributed by atoms with Gasteiger partial charge in [-0.05, 0) is 17.7 Å². The summed E-state index contributed by atoms with van der Waals surface area (Å²) in [6, 6.07) is 4.04. The molecule has 8 nitrogen and oxygen atoms in total. The molecule has 0 bridgehead atoms. The summed E-state index contributed by atoms with van der Waals surface area (Å²) < 4.78 is 13.6. The van der Waals surface area contributed by atoms with E-state index in [0.717, 1.165) is 18.8 Å². The lowest BCUT2D eigenvalue weighted by molar-refractivity contribution is -0.146. The minimum Gasteiger partial charge on any atom is -0.377 e. The van der Waals surface area contributed by atoms with Crippen molar-refractivity contribution in [3.63, 3.8) is 0 Å². The Bertz CT molecular complexity index is 765. The molecule has 26 heavy (non-hydrogen) atoms. The molecule has 0 N–H and O–H groups in total. The number of carbonyl (C=O) groups excluding carboxylic acids is 1. The number of carbonyl (C=O) groups is 1. The van der Waals surface area contributed by atoms with Crippen molar-refractivity contribution in [2.45, 2.75) is 12.1 Å². The van der Waals surface area contributed by atoms with E-state index >= 15 is 0 Å². The highest BCUT2D eigenvalue weighted by atomic mass is 16.6. The number of hydrogen-bond donors (Lipinski definition) is 0. The van der Waals surface area contributed by atoms with Gasteiger partial charge in [-0.2, -0.15) is 5.10 Å². The van der Waals surface area contributed by atoms with E-state index in [1.807, 2.05) is 25.4 Å². The van der Waals surface area contributed by atoms with Crippen LogP contribution in [0.2, 0.25) is 0 Å². The predicted octanol–water partition coefficient (Wildman–Crippen LogP) is 0.449. The number of aromatic nitrogens is 3. The standard InChI is InChI=1S/C18H23N5O3/c1-21-10-16(8-20-21)23-13-18(26-11-17(23)24)12-22(6-7-25-14-18)9-15-2-4-19-5-3-15/h2-5,8,10H,6-7,9,11-14H2,1H3/t18-/m0/s1. The average Bonchev–Trinajstić information content (AvgIpc) is 2.98. The monoisotopic (exact) mass is 357 g/mol. The number of nitrogens with zero attached hydrogens (tertiary/aromatic N) is 5. The summed E-state index contributed by atoms with van der Waals surface area (Å²) in [7, 11) is 1.84. The first-order valence-electron chi connectivity index (χ1n) is 8.76. The van der Waals surface area contributed by atoms with Crippen molar-refractivity contribution in [2.75, 3.05) is 44.4 Å². The van der Waals surface area contributed by atoms with Crippen LogP contribution in [0.1, 0.15) is 5.56 Å². The van der Waals surface area contributed by atoms with Crippen molar-refractivity contribution >= 4 is 11.6 Å². The van der Waals surface area contributed by atoms with E-state index in [4.69, 9.17) is 9.47 Å². The molecule has 138 valence electrons. The number of anilines is 1. The maximum absolute atomic E-state index is 12.4. The second-order valence-electron chi connectivity index (χ2n) is 6.94. The molecule has 2 aromatic rings. The molecule has 1 spiro atoms. The second-order valence-corrected chi connectivity index (χ2v) is 6.94. The Balaban J connectivity index is 1.52. The third-order valence-electron chi connectivity index (χ3n) is 4.84. The third kappa shape index (κ3) is 3.62. The number of ether oxygens (including phenoxy) is 2. The molecule has 1 amide bonds. The van der Waals surface area contributed by atoms with Gasteiger partial charge in [-0.1, -0.05) is 0 Å². The first-order chi connectivity index (χ1) is 12.6. The summed E-state index contributed by atoms with van der Waals surface area (Å²) in [5, 5.41) is 4.18.